The zero-order valence-electron chi connectivity index (χ0n) is 17.3. The minimum absolute atomic E-state index is 0.817. The second-order valence-corrected chi connectivity index (χ2v) is 9.46. The largest absolute Gasteiger partial charge is 0.384 e. The second-order valence-electron chi connectivity index (χ2n) is 8.17. The monoisotopic (exact) mass is 473 g/mol. The van der Waals surface area contributed by atoms with Gasteiger partial charge < -0.3 is 10.2 Å². The van der Waals surface area contributed by atoms with Gasteiger partial charge in [0.1, 0.15) is 0 Å². The van der Waals surface area contributed by atoms with Crippen molar-refractivity contribution in [3.05, 3.63) is 61.8 Å². The van der Waals surface area contributed by atoms with E-state index in [-0.39, 0.29) is 0 Å². The first-order valence-electron chi connectivity index (χ1n) is 10.7. The molecule has 1 N–H and O–H groups in total. The molecule has 2 aliphatic rings. The topological polar surface area (TPSA) is 28.2 Å². The molecule has 1 saturated heterocycles. The third kappa shape index (κ3) is 4.40. The number of rotatable bonds is 4. The summed E-state index contributed by atoms with van der Waals surface area (Å²) in [6.07, 6.45) is 8.49. The maximum atomic E-state index is 6.38. The zero-order valence-corrected chi connectivity index (χ0v) is 19.7. The highest BCUT2D eigenvalue weighted by atomic mass is 79.9. The van der Waals surface area contributed by atoms with Crippen molar-refractivity contribution in [2.75, 3.05) is 32.0 Å². The van der Waals surface area contributed by atoms with E-state index in [0.29, 0.717) is 0 Å². The number of anilines is 1. The van der Waals surface area contributed by atoms with Crippen molar-refractivity contribution in [3.63, 3.8) is 0 Å². The Morgan fingerprint density at radius 3 is 2.72 bits per heavy atom. The molecule has 1 aromatic heterocycles. The smallest absolute Gasteiger partial charge is 0.0761 e. The number of nitrogens with one attached hydrogen (secondary N) is 1. The van der Waals surface area contributed by atoms with Gasteiger partial charge in [0.2, 0.25) is 0 Å². The number of hydrogen-bond acceptors (Lipinski definition) is 3. The van der Waals surface area contributed by atoms with Crippen molar-refractivity contribution in [2.45, 2.75) is 45.4 Å². The van der Waals surface area contributed by atoms with Crippen LogP contribution in [0.15, 0.2) is 34.4 Å². The van der Waals surface area contributed by atoms with E-state index in [1.807, 2.05) is 12.3 Å². The Hall–Kier alpha value is -1.36. The van der Waals surface area contributed by atoms with Crippen LogP contribution in [0.25, 0.3) is 5.57 Å². The van der Waals surface area contributed by atoms with Crippen LogP contribution < -0.4 is 5.32 Å². The first-order chi connectivity index (χ1) is 14.1. The van der Waals surface area contributed by atoms with Gasteiger partial charge in [0.25, 0.3) is 0 Å². The number of halogens is 2. The van der Waals surface area contributed by atoms with Crippen LogP contribution >= 0.6 is 27.5 Å². The lowest BCUT2D eigenvalue weighted by molar-refractivity contribution is 0.313. The fraction of sp³-hybridized carbons (Fsp3) is 0.458. The molecule has 0 amide bonds. The number of likely N-dealkylation sites (tertiary alicyclic amines) is 1. The highest BCUT2D eigenvalue weighted by Crippen LogP contribution is 2.42. The van der Waals surface area contributed by atoms with Crippen molar-refractivity contribution in [1.29, 1.82) is 0 Å². The van der Waals surface area contributed by atoms with Gasteiger partial charge in [-0.1, -0.05) is 36.6 Å². The van der Waals surface area contributed by atoms with E-state index in [1.54, 1.807) is 0 Å². The number of aromatic nitrogens is 1. The fourth-order valence-corrected chi connectivity index (χ4v) is 5.14. The Morgan fingerprint density at radius 1 is 1.17 bits per heavy atom. The fourth-order valence-electron chi connectivity index (χ4n) is 4.46. The minimum Gasteiger partial charge on any atom is -0.384 e. The van der Waals surface area contributed by atoms with Crippen molar-refractivity contribution in [2.24, 2.45) is 0 Å². The van der Waals surface area contributed by atoms with Gasteiger partial charge in [-0.05, 0) is 78.3 Å². The van der Waals surface area contributed by atoms with Crippen LogP contribution in [0.3, 0.4) is 0 Å². The summed E-state index contributed by atoms with van der Waals surface area (Å²) < 4.78 is 1.06. The Morgan fingerprint density at radius 2 is 1.97 bits per heavy atom. The van der Waals surface area contributed by atoms with E-state index in [0.717, 1.165) is 60.5 Å². The highest BCUT2D eigenvalue weighted by molar-refractivity contribution is 9.10. The van der Waals surface area contributed by atoms with Gasteiger partial charge in [0, 0.05) is 42.0 Å². The number of piperidine rings is 1. The van der Waals surface area contributed by atoms with Gasteiger partial charge in [-0.15, -0.1) is 0 Å². The molecule has 29 heavy (non-hydrogen) atoms. The Balaban J connectivity index is 1.88. The molecule has 1 aromatic carbocycles. The van der Waals surface area contributed by atoms with Gasteiger partial charge in [-0.2, -0.15) is 0 Å². The molecule has 0 saturated carbocycles. The first-order valence-corrected chi connectivity index (χ1v) is 11.9. The summed E-state index contributed by atoms with van der Waals surface area (Å²) in [5.41, 5.74) is 9.26. The molecule has 1 aliphatic carbocycles. The Bertz CT molecular complexity index is 928. The van der Waals surface area contributed by atoms with Crippen molar-refractivity contribution < 1.29 is 0 Å². The molecule has 0 unspecified atom stereocenters. The number of aryl methyl sites for hydroxylation is 1. The van der Waals surface area contributed by atoms with Crippen LogP contribution in [0.5, 0.6) is 0 Å². The molecule has 2 heterocycles. The first kappa shape index (κ1) is 20.9. The van der Waals surface area contributed by atoms with Crippen molar-refractivity contribution >= 4 is 38.8 Å². The number of benzene rings is 1. The van der Waals surface area contributed by atoms with E-state index < -0.39 is 0 Å². The third-order valence-electron chi connectivity index (χ3n) is 6.13. The summed E-state index contributed by atoms with van der Waals surface area (Å²) in [7, 11) is 2.21. The number of hydrogen-bond donors (Lipinski definition) is 1. The summed E-state index contributed by atoms with van der Waals surface area (Å²) >= 11 is 10.1. The number of nitrogens with zero attached hydrogens (tertiary/aromatic N) is 2. The number of unbranched alkanes of at least 4 members (excludes halogenated alkanes) is 1. The molecule has 5 heteroatoms. The van der Waals surface area contributed by atoms with Crippen LogP contribution in [0, 0.1) is 0 Å². The van der Waals surface area contributed by atoms with Crippen molar-refractivity contribution in [3.8, 4) is 0 Å². The molecule has 4 rings (SSSR count). The van der Waals surface area contributed by atoms with Crippen LogP contribution in [0.4, 0.5) is 5.69 Å². The van der Waals surface area contributed by atoms with Crippen LogP contribution in [0.1, 0.15) is 55.0 Å². The molecular formula is C24H29BrClN3. The van der Waals surface area contributed by atoms with Gasteiger partial charge in [0.15, 0.2) is 0 Å². The normalized spacial score (nSPS) is 17.0. The maximum Gasteiger partial charge on any atom is 0.0761 e. The predicted molar refractivity (Wildman–Crippen MR) is 127 cm³/mol. The van der Waals surface area contributed by atoms with Gasteiger partial charge >= 0.3 is 0 Å². The molecule has 3 nitrogen and oxygen atoms in total. The lowest BCUT2D eigenvalue weighted by Crippen LogP contribution is -2.27. The summed E-state index contributed by atoms with van der Waals surface area (Å²) in [5.74, 6) is 0. The number of fused-ring (bicyclic) bond motifs is 2. The number of pyridine rings is 1. The van der Waals surface area contributed by atoms with Crippen molar-refractivity contribution in [1.82, 2.24) is 9.88 Å². The average molecular weight is 475 g/mol. The van der Waals surface area contributed by atoms with Gasteiger partial charge in [-0.25, -0.2) is 0 Å². The molecular weight excluding hydrogens is 446 g/mol. The molecule has 0 bridgehead atoms. The minimum atomic E-state index is 0.817. The predicted octanol–water partition coefficient (Wildman–Crippen LogP) is 6.34. The molecule has 2 aromatic rings. The molecule has 0 atom stereocenters. The SMILES string of the molecule is CCCCNc1c(Br)cnc2c1CCc1cc(Cl)ccc1C2=C1CCN(C)CC1. The van der Waals surface area contributed by atoms with E-state index in [1.165, 1.54) is 46.4 Å². The van der Waals surface area contributed by atoms with Crippen LogP contribution in [0.2, 0.25) is 5.02 Å². The van der Waals surface area contributed by atoms with Crippen LogP contribution in [-0.2, 0) is 12.8 Å². The van der Waals surface area contributed by atoms with Gasteiger partial charge in [-0.3, -0.25) is 4.98 Å². The molecule has 1 aliphatic heterocycles. The summed E-state index contributed by atoms with van der Waals surface area (Å²) in [4.78, 5) is 7.39. The average Bonchev–Trinajstić information content (AvgIpc) is 2.87. The highest BCUT2D eigenvalue weighted by Gasteiger charge is 2.26. The molecule has 0 radical (unpaired) electrons. The summed E-state index contributed by atoms with van der Waals surface area (Å²) in [6, 6.07) is 6.39. The summed E-state index contributed by atoms with van der Waals surface area (Å²) in [6.45, 7) is 5.43. The summed E-state index contributed by atoms with van der Waals surface area (Å²) in [5, 5.41) is 4.51. The van der Waals surface area contributed by atoms with E-state index in [9.17, 15) is 0 Å². The Kier molecular flexibility index (Phi) is 6.63. The zero-order chi connectivity index (χ0) is 20.4. The standard InChI is InChI=1S/C24H29BrClN3/c1-3-4-11-27-23-20-7-5-17-14-18(26)6-8-19(17)22(24(20)28-15-21(23)25)16-9-12-29(2)13-10-16/h6,8,14-15H,3-5,7,9-13H2,1-2H3,(H,27,28). The maximum absolute atomic E-state index is 6.38. The van der Waals surface area contributed by atoms with E-state index in [4.69, 9.17) is 16.6 Å². The van der Waals surface area contributed by atoms with E-state index in [2.05, 4.69) is 52.3 Å². The van der Waals surface area contributed by atoms with Crippen LogP contribution in [-0.4, -0.2) is 36.6 Å². The lowest BCUT2D eigenvalue weighted by atomic mass is 9.88. The molecule has 154 valence electrons. The third-order valence-corrected chi connectivity index (χ3v) is 6.96. The van der Waals surface area contributed by atoms with Gasteiger partial charge in [0.05, 0.1) is 15.9 Å². The quantitative estimate of drug-likeness (QED) is 0.524. The lowest BCUT2D eigenvalue weighted by Gasteiger charge is -2.27. The second kappa shape index (κ2) is 9.20. The van der Waals surface area contributed by atoms with E-state index >= 15 is 0 Å². The Labute approximate surface area is 187 Å². The molecule has 0 spiro atoms. The molecule has 1 fully saturated rings.